The molecule has 0 unspecified atom stereocenters. The van der Waals surface area contributed by atoms with Gasteiger partial charge in [-0.1, -0.05) is 18.2 Å². The molecule has 0 spiro atoms. The highest BCUT2D eigenvalue weighted by atomic mass is 35.5. The molecule has 3 nitrogen and oxygen atoms in total. The number of alkyl halides is 1. The Morgan fingerprint density at radius 3 is 2.39 bits per heavy atom. The van der Waals surface area contributed by atoms with E-state index in [2.05, 4.69) is 5.10 Å². The second-order valence-electron chi connectivity index (χ2n) is 4.38. The predicted octanol–water partition coefficient (Wildman–Crippen LogP) is 2.90. The van der Waals surface area contributed by atoms with E-state index in [1.54, 1.807) is 10.7 Å². The molecule has 0 amide bonds. The zero-order valence-electron chi connectivity index (χ0n) is 10.7. The zero-order valence-corrected chi connectivity index (χ0v) is 11.5. The third-order valence-electron chi connectivity index (χ3n) is 2.96. The molecule has 0 aliphatic rings. The van der Waals surface area contributed by atoms with Crippen molar-refractivity contribution >= 4 is 11.6 Å². The lowest BCUT2D eigenvalue weighted by atomic mass is 10.1. The van der Waals surface area contributed by atoms with Crippen LogP contribution in [0.2, 0.25) is 0 Å². The fourth-order valence-corrected chi connectivity index (χ4v) is 2.23. The van der Waals surface area contributed by atoms with E-state index in [1.807, 2.05) is 39.0 Å². The van der Waals surface area contributed by atoms with Crippen LogP contribution in [-0.4, -0.2) is 9.78 Å². The average Bonchev–Trinajstić information content (AvgIpc) is 2.31. The Labute approximate surface area is 111 Å². The van der Waals surface area contributed by atoms with Crippen molar-refractivity contribution in [3.8, 4) is 5.69 Å². The summed E-state index contributed by atoms with van der Waals surface area (Å²) in [6.45, 7) is 5.93. The molecule has 1 aromatic heterocycles. The summed E-state index contributed by atoms with van der Waals surface area (Å²) in [6, 6.07) is 7.65. The molecular formula is C14H15ClN2O. The first kappa shape index (κ1) is 12.8. The van der Waals surface area contributed by atoms with Gasteiger partial charge in [-0.15, -0.1) is 11.6 Å². The molecule has 0 atom stereocenters. The van der Waals surface area contributed by atoms with Gasteiger partial charge in [0.1, 0.15) is 5.69 Å². The number of benzene rings is 1. The Kier molecular flexibility index (Phi) is 3.53. The maximum absolute atomic E-state index is 11.7. The summed E-state index contributed by atoms with van der Waals surface area (Å²) in [4.78, 5) is 11.7. The highest BCUT2D eigenvalue weighted by Crippen LogP contribution is 2.18. The Morgan fingerprint density at radius 2 is 1.83 bits per heavy atom. The van der Waals surface area contributed by atoms with Crippen LogP contribution in [0.5, 0.6) is 0 Å². The number of aryl methyl sites for hydroxylation is 3. The number of para-hydroxylation sites is 1. The van der Waals surface area contributed by atoms with Crippen LogP contribution in [0, 0.1) is 20.8 Å². The van der Waals surface area contributed by atoms with E-state index in [0.29, 0.717) is 5.69 Å². The van der Waals surface area contributed by atoms with E-state index in [9.17, 15) is 4.79 Å². The first-order chi connectivity index (χ1) is 8.54. The van der Waals surface area contributed by atoms with Crippen LogP contribution in [0.25, 0.3) is 5.69 Å². The molecule has 1 heterocycles. The number of rotatable bonds is 2. The van der Waals surface area contributed by atoms with Gasteiger partial charge < -0.3 is 0 Å². The Morgan fingerprint density at radius 1 is 1.22 bits per heavy atom. The molecule has 0 N–H and O–H groups in total. The minimum absolute atomic E-state index is 0.106. The van der Waals surface area contributed by atoms with Crippen molar-refractivity contribution < 1.29 is 0 Å². The topological polar surface area (TPSA) is 34.9 Å². The molecule has 94 valence electrons. The number of halogens is 1. The summed E-state index contributed by atoms with van der Waals surface area (Å²) >= 11 is 5.75. The summed E-state index contributed by atoms with van der Waals surface area (Å²) in [7, 11) is 0. The minimum Gasteiger partial charge on any atom is -0.288 e. The van der Waals surface area contributed by atoms with Gasteiger partial charge in [0, 0.05) is 11.8 Å². The zero-order chi connectivity index (χ0) is 13.3. The van der Waals surface area contributed by atoms with Crippen LogP contribution in [0.15, 0.2) is 29.1 Å². The van der Waals surface area contributed by atoms with E-state index in [4.69, 9.17) is 11.6 Å². The van der Waals surface area contributed by atoms with Crippen molar-refractivity contribution in [3.63, 3.8) is 0 Å². The molecule has 2 rings (SSSR count). The van der Waals surface area contributed by atoms with Gasteiger partial charge >= 0.3 is 0 Å². The van der Waals surface area contributed by atoms with E-state index in [0.717, 1.165) is 22.5 Å². The third-order valence-corrected chi connectivity index (χ3v) is 3.21. The summed E-state index contributed by atoms with van der Waals surface area (Å²) in [5.74, 6) is 0.129. The van der Waals surface area contributed by atoms with Crippen LogP contribution in [0.4, 0.5) is 0 Å². The monoisotopic (exact) mass is 262 g/mol. The van der Waals surface area contributed by atoms with Gasteiger partial charge in [-0.3, -0.25) is 4.79 Å². The van der Waals surface area contributed by atoms with Crippen molar-refractivity contribution in [2.45, 2.75) is 26.7 Å². The lowest BCUT2D eigenvalue weighted by molar-refractivity contribution is 0.764. The molecule has 18 heavy (non-hydrogen) atoms. The van der Waals surface area contributed by atoms with Gasteiger partial charge in [0.05, 0.1) is 11.6 Å². The van der Waals surface area contributed by atoms with Crippen molar-refractivity contribution in [1.29, 1.82) is 0 Å². The maximum atomic E-state index is 11.7. The predicted molar refractivity (Wildman–Crippen MR) is 73.6 cm³/mol. The Bertz CT molecular complexity index is 626. The lowest BCUT2D eigenvalue weighted by Crippen LogP contribution is -2.18. The van der Waals surface area contributed by atoms with Crippen molar-refractivity contribution in [2.75, 3.05) is 0 Å². The molecule has 1 aromatic carbocycles. The highest BCUT2D eigenvalue weighted by Gasteiger charge is 2.10. The number of hydrogen-bond donors (Lipinski definition) is 0. The van der Waals surface area contributed by atoms with Gasteiger partial charge in [-0.25, -0.2) is 4.68 Å². The smallest absolute Gasteiger partial charge is 0.204 e. The number of aromatic nitrogens is 2. The molecule has 0 saturated carbocycles. The van der Waals surface area contributed by atoms with Crippen LogP contribution in [0.3, 0.4) is 0 Å². The van der Waals surface area contributed by atoms with Gasteiger partial charge in [-0.2, -0.15) is 5.10 Å². The van der Waals surface area contributed by atoms with Crippen LogP contribution < -0.4 is 5.43 Å². The summed E-state index contributed by atoms with van der Waals surface area (Å²) in [5.41, 5.74) is 4.34. The second-order valence-corrected chi connectivity index (χ2v) is 4.65. The molecular weight excluding hydrogens is 248 g/mol. The third kappa shape index (κ3) is 2.18. The van der Waals surface area contributed by atoms with Crippen LogP contribution in [-0.2, 0) is 5.88 Å². The first-order valence-corrected chi connectivity index (χ1v) is 6.30. The molecule has 2 aromatic rings. The van der Waals surface area contributed by atoms with Gasteiger partial charge in [-0.05, 0) is 31.9 Å². The number of nitrogens with zero attached hydrogens (tertiary/aromatic N) is 2. The Hall–Kier alpha value is -1.61. The highest BCUT2D eigenvalue weighted by molar-refractivity contribution is 6.16. The molecule has 4 heteroatoms. The quantitative estimate of drug-likeness (QED) is 0.780. The molecule has 0 bridgehead atoms. The van der Waals surface area contributed by atoms with Gasteiger partial charge in [0.25, 0.3) is 0 Å². The summed E-state index contributed by atoms with van der Waals surface area (Å²) in [6.07, 6.45) is 0. The summed E-state index contributed by atoms with van der Waals surface area (Å²) in [5, 5.41) is 4.35. The fourth-order valence-electron chi connectivity index (χ4n) is 2.04. The van der Waals surface area contributed by atoms with E-state index < -0.39 is 0 Å². The number of hydrogen-bond acceptors (Lipinski definition) is 2. The van der Waals surface area contributed by atoms with Crippen LogP contribution in [0.1, 0.15) is 22.5 Å². The van der Waals surface area contributed by atoms with Gasteiger partial charge in [0.15, 0.2) is 0 Å². The van der Waals surface area contributed by atoms with E-state index in [1.165, 1.54) is 0 Å². The second kappa shape index (κ2) is 4.94. The first-order valence-electron chi connectivity index (χ1n) is 5.77. The van der Waals surface area contributed by atoms with Crippen molar-refractivity contribution in [3.05, 3.63) is 57.0 Å². The maximum Gasteiger partial charge on any atom is 0.204 e. The lowest BCUT2D eigenvalue weighted by Gasteiger charge is -2.15. The SMILES string of the molecule is Cc1cccc(C)c1-n1nc(CCl)c(=O)cc1C. The molecule has 0 aliphatic heterocycles. The molecule has 0 radical (unpaired) electrons. The van der Waals surface area contributed by atoms with Gasteiger partial charge in [0.2, 0.25) is 5.43 Å². The van der Waals surface area contributed by atoms with Crippen LogP contribution >= 0.6 is 11.6 Å². The molecule has 0 aliphatic carbocycles. The van der Waals surface area contributed by atoms with E-state index >= 15 is 0 Å². The summed E-state index contributed by atoms with van der Waals surface area (Å²) < 4.78 is 1.80. The molecule has 0 fully saturated rings. The van der Waals surface area contributed by atoms with Crippen molar-refractivity contribution in [2.24, 2.45) is 0 Å². The Balaban J connectivity index is 2.75. The molecule has 0 saturated heterocycles. The average molecular weight is 263 g/mol. The standard InChI is InChI=1S/C14H15ClN2O/c1-9-5-4-6-10(2)14(9)17-11(3)7-13(18)12(8-15)16-17/h4-7H,8H2,1-3H3. The van der Waals surface area contributed by atoms with E-state index in [-0.39, 0.29) is 11.3 Å². The fraction of sp³-hybridized carbons (Fsp3) is 0.286. The normalized spacial score (nSPS) is 10.7. The largest absolute Gasteiger partial charge is 0.288 e. The van der Waals surface area contributed by atoms with Crippen molar-refractivity contribution in [1.82, 2.24) is 9.78 Å². The minimum atomic E-state index is -0.106.